The average molecular weight is 389 g/mol. The summed E-state index contributed by atoms with van der Waals surface area (Å²) in [5.41, 5.74) is 1.05. The standard InChI is InChI=1S/C26H44O2/c1-16-10-12-25(4)19(14-16)15-18(3)24-21-8-7-20(17(2)6-9-23(27)28)26(21,5)13-11-22(24)25/h16-22,24H,6-15H2,1-5H3,(H,27,28)/t16-,17-,18-,19+,20-,21?,22?,24?,25+,26-/m1/s1. The van der Waals surface area contributed by atoms with Crippen LogP contribution in [0.15, 0.2) is 0 Å². The molecule has 2 nitrogen and oxygen atoms in total. The number of rotatable bonds is 4. The van der Waals surface area contributed by atoms with Crippen molar-refractivity contribution in [3.8, 4) is 0 Å². The molecule has 0 radical (unpaired) electrons. The molecule has 4 aliphatic carbocycles. The van der Waals surface area contributed by atoms with E-state index in [0.717, 1.165) is 47.8 Å². The summed E-state index contributed by atoms with van der Waals surface area (Å²) in [6.07, 6.45) is 12.6. The molecule has 28 heavy (non-hydrogen) atoms. The molecule has 0 spiro atoms. The second kappa shape index (κ2) is 7.31. The molecule has 0 heterocycles. The predicted molar refractivity (Wildman–Crippen MR) is 115 cm³/mol. The highest BCUT2D eigenvalue weighted by atomic mass is 16.4. The van der Waals surface area contributed by atoms with Crippen LogP contribution in [0.1, 0.15) is 98.8 Å². The lowest BCUT2D eigenvalue weighted by Crippen LogP contribution is -2.56. The normalized spacial score (nSPS) is 51.7. The summed E-state index contributed by atoms with van der Waals surface area (Å²) >= 11 is 0. The van der Waals surface area contributed by atoms with E-state index in [1.54, 1.807) is 0 Å². The quantitative estimate of drug-likeness (QED) is 0.561. The molecule has 0 amide bonds. The Morgan fingerprint density at radius 3 is 2.39 bits per heavy atom. The minimum Gasteiger partial charge on any atom is -0.481 e. The third-order valence-corrected chi connectivity index (χ3v) is 10.9. The van der Waals surface area contributed by atoms with E-state index in [1.165, 1.54) is 51.4 Å². The van der Waals surface area contributed by atoms with Gasteiger partial charge in [0.2, 0.25) is 0 Å². The summed E-state index contributed by atoms with van der Waals surface area (Å²) in [4.78, 5) is 11.1. The van der Waals surface area contributed by atoms with Gasteiger partial charge < -0.3 is 5.11 Å². The van der Waals surface area contributed by atoms with Gasteiger partial charge in [-0.15, -0.1) is 0 Å². The Labute approximate surface area is 173 Å². The zero-order chi connectivity index (χ0) is 20.3. The first-order chi connectivity index (χ1) is 13.2. The average Bonchev–Trinajstić information content (AvgIpc) is 2.98. The van der Waals surface area contributed by atoms with Gasteiger partial charge in [0, 0.05) is 6.42 Å². The molecule has 0 aromatic rings. The van der Waals surface area contributed by atoms with E-state index < -0.39 is 5.97 Å². The fraction of sp³-hybridized carbons (Fsp3) is 0.962. The number of carbonyl (C=O) groups is 1. The van der Waals surface area contributed by atoms with Crippen LogP contribution in [-0.2, 0) is 4.79 Å². The van der Waals surface area contributed by atoms with Crippen molar-refractivity contribution in [3.05, 3.63) is 0 Å². The molecule has 0 saturated heterocycles. The Bertz CT molecular complexity index is 599. The first-order valence-electron chi connectivity index (χ1n) is 12.4. The lowest BCUT2D eigenvalue weighted by molar-refractivity contribution is -0.143. The van der Waals surface area contributed by atoms with E-state index >= 15 is 0 Å². The summed E-state index contributed by atoms with van der Waals surface area (Å²) < 4.78 is 0. The van der Waals surface area contributed by atoms with Crippen molar-refractivity contribution in [2.75, 3.05) is 0 Å². The second-order valence-electron chi connectivity index (χ2n) is 12.2. The van der Waals surface area contributed by atoms with Crippen LogP contribution in [0.25, 0.3) is 0 Å². The number of hydrogen-bond acceptors (Lipinski definition) is 1. The van der Waals surface area contributed by atoms with Crippen LogP contribution in [0.2, 0.25) is 0 Å². The molecule has 2 heteroatoms. The maximum atomic E-state index is 11.1. The lowest BCUT2D eigenvalue weighted by Gasteiger charge is -2.63. The summed E-state index contributed by atoms with van der Waals surface area (Å²) in [5, 5.41) is 9.15. The molecule has 0 aliphatic heterocycles. The van der Waals surface area contributed by atoms with Crippen molar-refractivity contribution < 1.29 is 9.90 Å². The smallest absolute Gasteiger partial charge is 0.303 e. The van der Waals surface area contributed by atoms with Crippen molar-refractivity contribution in [2.45, 2.75) is 98.8 Å². The Balaban J connectivity index is 1.55. The van der Waals surface area contributed by atoms with E-state index in [4.69, 9.17) is 5.11 Å². The van der Waals surface area contributed by atoms with Gasteiger partial charge in [0.15, 0.2) is 0 Å². The van der Waals surface area contributed by atoms with Gasteiger partial charge in [-0.1, -0.05) is 41.0 Å². The summed E-state index contributed by atoms with van der Waals surface area (Å²) in [6, 6.07) is 0. The first-order valence-corrected chi connectivity index (χ1v) is 12.4. The fourth-order valence-corrected chi connectivity index (χ4v) is 9.38. The zero-order valence-electron chi connectivity index (χ0n) is 19.0. The van der Waals surface area contributed by atoms with Crippen LogP contribution < -0.4 is 0 Å². The van der Waals surface area contributed by atoms with Crippen LogP contribution in [0.5, 0.6) is 0 Å². The fourth-order valence-electron chi connectivity index (χ4n) is 9.38. The van der Waals surface area contributed by atoms with Crippen LogP contribution in [0.4, 0.5) is 0 Å². The van der Waals surface area contributed by atoms with Gasteiger partial charge in [-0.05, 0) is 110 Å². The number of aliphatic carboxylic acids is 1. The first kappa shape index (κ1) is 20.7. The van der Waals surface area contributed by atoms with Gasteiger partial charge in [0.1, 0.15) is 0 Å². The van der Waals surface area contributed by atoms with Gasteiger partial charge in [0.25, 0.3) is 0 Å². The molecule has 3 unspecified atom stereocenters. The van der Waals surface area contributed by atoms with Crippen LogP contribution in [0, 0.1) is 58.2 Å². The van der Waals surface area contributed by atoms with E-state index in [0.29, 0.717) is 23.2 Å². The number of carboxylic acid groups (broad SMARTS) is 1. The maximum absolute atomic E-state index is 11.1. The third-order valence-electron chi connectivity index (χ3n) is 10.9. The molecular formula is C26H44O2. The van der Waals surface area contributed by atoms with Crippen molar-refractivity contribution in [1.29, 1.82) is 0 Å². The Morgan fingerprint density at radius 2 is 1.68 bits per heavy atom. The van der Waals surface area contributed by atoms with Gasteiger partial charge in [0.05, 0.1) is 0 Å². The zero-order valence-corrected chi connectivity index (χ0v) is 19.0. The molecule has 4 aliphatic rings. The molecule has 4 rings (SSSR count). The Hall–Kier alpha value is -0.530. The number of carboxylic acids is 1. The largest absolute Gasteiger partial charge is 0.481 e. The Kier molecular flexibility index (Phi) is 5.41. The van der Waals surface area contributed by atoms with Gasteiger partial charge in [-0.2, -0.15) is 0 Å². The van der Waals surface area contributed by atoms with Crippen molar-refractivity contribution >= 4 is 5.97 Å². The SMILES string of the molecule is C[C@@H]1CC[C@]2(C)C3CC[C@@]4(C)C(CC[C@@H]4[C@H](C)CCC(=O)O)C3[C@H](C)C[C@@H]2C1. The lowest BCUT2D eigenvalue weighted by atomic mass is 9.42. The predicted octanol–water partition coefficient (Wildman–Crippen LogP) is 7.03. The van der Waals surface area contributed by atoms with Crippen LogP contribution in [0.3, 0.4) is 0 Å². The molecule has 4 saturated carbocycles. The third kappa shape index (κ3) is 3.16. The molecule has 4 fully saturated rings. The van der Waals surface area contributed by atoms with E-state index in [2.05, 4.69) is 34.6 Å². The molecule has 0 bridgehead atoms. The highest BCUT2D eigenvalue weighted by molar-refractivity contribution is 5.66. The van der Waals surface area contributed by atoms with E-state index in [1.807, 2.05) is 0 Å². The monoisotopic (exact) mass is 388 g/mol. The van der Waals surface area contributed by atoms with Crippen molar-refractivity contribution in [2.24, 2.45) is 58.2 Å². The maximum Gasteiger partial charge on any atom is 0.303 e. The van der Waals surface area contributed by atoms with Crippen LogP contribution in [-0.4, -0.2) is 11.1 Å². The Morgan fingerprint density at radius 1 is 1.00 bits per heavy atom. The molecule has 160 valence electrons. The van der Waals surface area contributed by atoms with Crippen LogP contribution >= 0.6 is 0 Å². The highest BCUT2D eigenvalue weighted by Gasteiger charge is 2.61. The summed E-state index contributed by atoms with van der Waals surface area (Å²) in [7, 11) is 0. The van der Waals surface area contributed by atoms with Gasteiger partial charge in [-0.3, -0.25) is 4.79 Å². The molecule has 1 N–H and O–H groups in total. The summed E-state index contributed by atoms with van der Waals surface area (Å²) in [6.45, 7) is 12.7. The van der Waals surface area contributed by atoms with Crippen molar-refractivity contribution in [1.82, 2.24) is 0 Å². The highest BCUT2D eigenvalue weighted by Crippen LogP contribution is 2.69. The van der Waals surface area contributed by atoms with E-state index in [9.17, 15) is 4.79 Å². The van der Waals surface area contributed by atoms with Crippen molar-refractivity contribution in [3.63, 3.8) is 0 Å². The summed E-state index contributed by atoms with van der Waals surface area (Å²) in [5.74, 6) is 6.20. The molecule has 0 aromatic carbocycles. The molecular weight excluding hydrogens is 344 g/mol. The molecule has 0 aromatic heterocycles. The topological polar surface area (TPSA) is 37.3 Å². The second-order valence-corrected chi connectivity index (χ2v) is 12.2. The van der Waals surface area contributed by atoms with E-state index in [-0.39, 0.29) is 0 Å². The van der Waals surface area contributed by atoms with Gasteiger partial charge in [-0.25, -0.2) is 0 Å². The minimum atomic E-state index is -0.623. The number of fused-ring (bicyclic) bond motifs is 5. The number of hydrogen-bond donors (Lipinski definition) is 1. The minimum absolute atomic E-state index is 0.346. The molecule has 10 atom stereocenters. The van der Waals surface area contributed by atoms with Gasteiger partial charge >= 0.3 is 5.97 Å².